The molecule has 2 aromatic heterocycles. The number of nitrogens with one attached hydrogen (secondary N) is 1. The molecule has 7 heteroatoms. The SMILES string of the molecule is CCC(CC)n1ncc(C(=O)NC(C)(c2noc(C)n2)C2CC2)c1C. The van der Waals surface area contributed by atoms with Gasteiger partial charge < -0.3 is 9.84 Å². The quantitative estimate of drug-likeness (QED) is 0.832. The highest BCUT2D eigenvalue weighted by molar-refractivity contribution is 5.95. The molecule has 7 nitrogen and oxygen atoms in total. The average Bonchev–Trinajstić information content (AvgIpc) is 3.25. The van der Waals surface area contributed by atoms with Crippen LogP contribution in [0.4, 0.5) is 0 Å². The topological polar surface area (TPSA) is 85.8 Å². The largest absolute Gasteiger partial charge is 0.340 e. The minimum Gasteiger partial charge on any atom is -0.340 e. The number of aryl methyl sites for hydroxylation is 1. The normalized spacial score (nSPS) is 16.9. The van der Waals surface area contributed by atoms with Crippen LogP contribution in [0, 0.1) is 19.8 Å². The van der Waals surface area contributed by atoms with Crippen molar-refractivity contribution in [2.24, 2.45) is 5.92 Å². The van der Waals surface area contributed by atoms with Crippen molar-refractivity contribution in [3.63, 3.8) is 0 Å². The molecule has 1 aliphatic carbocycles. The van der Waals surface area contributed by atoms with E-state index in [9.17, 15) is 4.79 Å². The molecule has 0 aliphatic heterocycles. The van der Waals surface area contributed by atoms with Crippen molar-refractivity contribution in [2.75, 3.05) is 0 Å². The van der Waals surface area contributed by atoms with Crippen molar-refractivity contribution >= 4 is 5.91 Å². The molecule has 1 fully saturated rings. The summed E-state index contributed by atoms with van der Waals surface area (Å²) >= 11 is 0. The number of hydrogen-bond donors (Lipinski definition) is 1. The zero-order valence-electron chi connectivity index (χ0n) is 15.7. The molecule has 0 bridgehead atoms. The van der Waals surface area contributed by atoms with Gasteiger partial charge in [0.1, 0.15) is 5.54 Å². The van der Waals surface area contributed by atoms with E-state index < -0.39 is 5.54 Å². The molecule has 1 saturated carbocycles. The van der Waals surface area contributed by atoms with Crippen molar-refractivity contribution in [3.8, 4) is 0 Å². The number of hydrogen-bond acceptors (Lipinski definition) is 5. The second-order valence-corrected chi connectivity index (χ2v) is 7.13. The summed E-state index contributed by atoms with van der Waals surface area (Å²) in [5, 5.41) is 11.7. The molecule has 25 heavy (non-hydrogen) atoms. The standard InChI is InChI=1S/C18H27N5O2/c1-6-14(7-2)23-11(3)15(10-19-23)16(24)21-18(5,13-8-9-13)17-20-12(4)25-22-17/h10,13-14H,6-9H2,1-5H3,(H,21,24). The highest BCUT2D eigenvalue weighted by Crippen LogP contribution is 2.44. The van der Waals surface area contributed by atoms with Crippen molar-refractivity contribution in [2.45, 2.75) is 71.9 Å². The minimum atomic E-state index is -0.613. The van der Waals surface area contributed by atoms with Crippen LogP contribution in [0.5, 0.6) is 0 Å². The average molecular weight is 345 g/mol. The second kappa shape index (κ2) is 6.61. The van der Waals surface area contributed by atoms with E-state index >= 15 is 0 Å². The van der Waals surface area contributed by atoms with Crippen LogP contribution in [0.15, 0.2) is 10.7 Å². The fourth-order valence-electron chi connectivity index (χ4n) is 3.46. The third-order valence-electron chi connectivity index (χ3n) is 5.34. The van der Waals surface area contributed by atoms with Gasteiger partial charge in [-0.3, -0.25) is 9.48 Å². The van der Waals surface area contributed by atoms with Gasteiger partial charge in [-0.05, 0) is 45.4 Å². The van der Waals surface area contributed by atoms with Crippen molar-refractivity contribution in [3.05, 3.63) is 29.2 Å². The van der Waals surface area contributed by atoms with Crippen LogP contribution in [0.3, 0.4) is 0 Å². The van der Waals surface area contributed by atoms with Crippen LogP contribution >= 0.6 is 0 Å². The molecule has 1 unspecified atom stereocenters. The lowest BCUT2D eigenvalue weighted by Crippen LogP contribution is -2.46. The Morgan fingerprint density at radius 2 is 2.08 bits per heavy atom. The predicted molar refractivity (Wildman–Crippen MR) is 93.2 cm³/mol. The molecule has 1 aliphatic rings. The Balaban J connectivity index is 1.86. The lowest BCUT2D eigenvalue weighted by molar-refractivity contribution is 0.0884. The summed E-state index contributed by atoms with van der Waals surface area (Å²) in [6.07, 6.45) is 5.74. The van der Waals surface area contributed by atoms with Gasteiger partial charge in [0.25, 0.3) is 5.91 Å². The molecule has 0 radical (unpaired) electrons. The molecule has 1 N–H and O–H groups in total. The van der Waals surface area contributed by atoms with Gasteiger partial charge in [-0.25, -0.2) is 0 Å². The van der Waals surface area contributed by atoms with E-state index in [1.54, 1.807) is 13.1 Å². The molecule has 2 aromatic rings. The Morgan fingerprint density at radius 3 is 2.60 bits per heavy atom. The van der Waals surface area contributed by atoms with Crippen LogP contribution in [0.1, 0.15) is 80.3 Å². The maximum absolute atomic E-state index is 13.0. The minimum absolute atomic E-state index is 0.133. The van der Waals surface area contributed by atoms with E-state index in [-0.39, 0.29) is 5.91 Å². The van der Waals surface area contributed by atoms with Gasteiger partial charge in [0.15, 0.2) is 5.82 Å². The summed E-state index contributed by atoms with van der Waals surface area (Å²) in [6.45, 7) is 9.96. The van der Waals surface area contributed by atoms with Crippen LogP contribution in [0.25, 0.3) is 0 Å². The highest BCUT2D eigenvalue weighted by Gasteiger charge is 2.47. The van der Waals surface area contributed by atoms with Gasteiger partial charge in [0, 0.05) is 12.6 Å². The molecule has 136 valence electrons. The van der Waals surface area contributed by atoms with Crippen molar-refractivity contribution in [1.29, 1.82) is 0 Å². The van der Waals surface area contributed by atoms with Crippen molar-refractivity contribution < 1.29 is 9.32 Å². The first kappa shape index (κ1) is 17.6. The van der Waals surface area contributed by atoms with Gasteiger partial charge in [0.2, 0.25) is 5.89 Å². The van der Waals surface area contributed by atoms with Gasteiger partial charge >= 0.3 is 0 Å². The lowest BCUT2D eigenvalue weighted by atomic mass is 9.94. The molecular formula is C18H27N5O2. The van der Waals surface area contributed by atoms with E-state index in [1.165, 1.54) is 0 Å². The fraction of sp³-hybridized carbons (Fsp3) is 0.667. The van der Waals surface area contributed by atoms with Gasteiger partial charge in [-0.1, -0.05) is 19.0 Å². The number of amides is 1. The van der Waals surface area contributed by atoms with Crippen LogP contribution in [-0.2, 0) is 5.54 Å². The molecular weight excluding hydrogens is 318 g/mol. The predicted octanol–water partition coefficient (Wildman–Crippen LogP) is 3.30. The first-order chi connectivity index (χ1) is 11.9. The fourth-order valence-corrected chi connectivity index (χ4v) is 3.46. The van der Waals surface area contributed by atoms with E-state index in [1.807, 2.05) is 18.5 Å². The summed E-state index contributed by atoms with van der Waals surface area (Å²) in [5.74, 6) is 1.26. The van der Waals surface area contributed by atoms with E-state index in [0.717, 1.165) is 31.4 Å². The Morgan fingerprint density at radius 1 is 1.40 bits per heavy atom. The zero-order valence-corrected chi connectivity index (χ0v) is 15.7. The number of carbonyl (C=O) groups is 1. The van der Waals surface area contributed by atoms with Gasteiger partial charge in [-0.2, -0.15) is 10.1 Å². The summed E-state index contributed by atoms with van der Waals surface area (Å²) < 4.78 is 7.10. The van der Waals surface area contributed by atoms with Crippen LogP contribution in [-0.4, -0.2) is 25.8 Å². The summed E-state index contributed by atoms with van der Waals surface area (Å²) in [7, 11) is 0. The Labute approximate surface area is 148 Å². The number of aromatic nitrogens is 4. The number of rotatable bonds is 7. The number of carbonyl (C=O) groups excluding carboxylic acids is 1. The second-order valence-electron chi connectivity index (χ2n) is 7.13. The number of nitrogens with zero attached hydrogens (tertiary/aromatic N) is 4. The third kappa shape index (κ3) is 3.19. The molecule has 0 spiro atoms. The lowest BCUT2D eigenvalue weighted by Gasteiger charge is -2.27. The molecule has 3 rings (SSSR count). The Bertz CT molecular complexity index is 757. The first-order valence-electron chi connectivity index (χ1n) is 9.08. The van der Waals surface area contributed by atoms with Gasteiger partial charge in [0.05, 0.1) is 17.8 Å². The Kier molecular flexibility index (Phi) is 4.67. The van der Waals surface area contributed by atoms with Gasteiger partial charge in [-0.15, -0.1) is 0 Å². The van der Waals surface area contributed by atoms with E-state index in [2.05, 4.69) is 34.4 Å². The van der Waals surface area contributed by atoms with Crippen molar-refractivity contribution in [1.82, 2.24) is 25.2 Å². The zero-order chi connectivity index (χ0) is 18.2. The summed E-state index contributed by atoms with van der Waals surface area (Å²) in [4.78, 5) is 17.3. The summed E-state index contributed by atoms with van der Waals surface area (Å²) in [6, 6.07) is 0.316. The van der Waals surface area contributed by atoms with E-state index in [4.69, 9.17) is 4.52 Å². The highest BCUT2D eigenvalue weighted by atomic mass is 16.5. The molecule has 2 heterocycles. The summed E-state index contributed by atoms with van der Waals surface area (Å²) in [5.41, 5.74) is 0.894. The molecule has 1 amide bonds. The smallest absolute Gasteiger partial charge is 0.255 e. The maximum Gasteiger partial charge on any atom is 0.255 e. The van der Waals surface area contributed by atoms with E-state index in [0.29, 0.717) is 29.2 Å². The Hall–Kier alpha value is -2.18. The monoisotopic (exact) mass is 345 g/mol. The third-order valence-corrected chi connectivity index (χ3v) is 5.34. The van der Waals surface area contributed by atoms with Crippen LogP contribution < -0.4 is 5.32 Å². The first-order valence-corrected chi connectivity index (χ1v) is 9.08. The van der Waals surface area contributed by atoms with Crippen LogP contribution in [0.2, 0.25) is 0 Å². The molecule has 0 aromatic carbocycles. The molecule has 0 saturated heterocycles. The maximum atomic E-state index is 13.0. The molecule has 1 atom stereocenters.